The minimum atomic E-state index is -4.08. The van der Waals surface area contributed by atoms with E-state index in [0.29, 0.717) is 5.56 Å². The number of carbonyl (C=O) groups is 1. The number of rotatable bonds is 4. The average Bonchev–Trinajstić information content (AvgIpc) is 2.21. The number of nitrogen functional groups attached to an aromatic ring is 1. The van der Waals surface area contributed by atoms with Crippen molar-refractivity contribution in [3.63, 3.8) is 0 Å². The highest BCUT2D eigenvalue weighted by Crippen LogP contribution is 2.23. The molecule has 1 amide bonds. The Morgan fingerprint density at radius 2 is 2.00 bits per heavy atom. The van der Waals surface area contributed by atoms with E-state index in [9.17, 15) is 13.2 Å². The smallest absolute Gasteiger partial charge is 0.422 e. The number of hydrogen-bond acceptors (Lipinski definition) is 5. The molecule has 0 atom stereocenters. The van der Waals surface area contributed by atoms with Gasteiger partial charge in [-0.3, -0.25) is 4.72 Å². The second-order valence-electron chi connectivity index (χ2n) is 4.20. The maximum absolute atomic E-state index is 11.7. The number of nitrogens with one attached hydrogen (secondary N) is 2. The molecule has 7 nitrogen and oxygen atoms in total. The molecular formula is C11H17N3O4S. The minimum absolute atomic E-state index is 0.229. The van der Waals surface area contributed by atoms with Crippen LogP contribution in [0.25, 0.3) is 0 Å². The molecule has 0 fully saturated rings. The fourth-order valence-corrected chi connectivity index (χ4v) is 2.20. The molecule has 0 spiro atoms. The summed E-state index contributed by atoms with van der Waals surface area (Å²) in [7, 11) is -4.08. The Morgan fingerprint density at radius 3 is 2.53 bits per heavy atom. The standard InChI is InChI=1S/C11H17N3O4S/c1-7(2)18-11(15)14-19(16,17)13-10-8(3)5-4-6-9(10)12/h4-7,13H,12H2,1-3H3,(H,14,15). The highest BCUT2D eigenvalue weighted by Gasteiger charge is 2.18. The van der Waals surface area contributed by atoms with Crippen molar-refractivity contribution in [1.29, 1.82) is 0 Å². The van der Waals surface area contributed by atoms with Crippen LogP contribution in [-0.4, -0.2) is 20.6 Å². The number of anilines is 2. The molecule has 0 heterocycles. The van der Waals surface area contributed by atoms with E-state index < -0.39 is 22.4 Å². The van der Waals surface area contributed by atoms with Gasteiger partial charge in [-0.05, 0) is 32.4 Å². The van der Waals surface area contributed by atoms with Gasteiger partial charge in [-0.2, -0.15) is 8.42 Å². The van der Waals surface area contributed by atoms with Gasteiger partial charge in [0.25, 0.3) is 0 Å². The Balaban J connectivity index is 2.83. The molecule has 0 aliphatic carbocycles. The van der Waals surface area contributed by atoms with Gasteiger partial charge in [-0.1, -0.05) is 12.1 Å². The molecule has 0 aliphatic heterocycles. The molecule has 0 unspecified atom stereocenters. The molecule has 106 valence electrons. The van der Waals surface area contributed by atoms with Crippen LogP contribution in [0.4, 0.5) is 16.2 Å². The van der Waals surface area contributed by atoms with E-state index in [1.807, 2.05) is 0 Å². The molecule has 0 saturated heterocycles. The van der Waals surface area contributed by atoms with Gasteiger partial charge >= 0.3 is 16.3 Å². The normalized spacial score (nSPS) is 11.2. The molecule has 8 heteroatoms. The Kier molecular flexibility index (Phi) is 4.60. The van der Waals surface area contributed by atoms with Gasteiger partial charge in [0.1, 0.15) is 0 Å². The van der Waals surface area contributed by atoms with Crippen LogP contribution in [0.2, 0.25) is 0 Å². The monoisotopic (exact) mass is 287 g/mol. The first kappa shape index (κ1) is 15.1. The van der Waals surface area contributed by atoms with Crippen LogP contribution in [0.3, 0.4) is 0 Å². The third kappa shape index (κ3) is 4.66. The lowest BCUT2D eigenvalue weighted by Gasteiger charge is -2.14. The average molecular weight is 287 g/mol. The highest BCUT2D eigenvalue weighted by atomic mass is 32.2. The fourth-order valence-electron chi connectivity index (χ4n) is 1.34. The summed E-state index contributed by atoms with van der Waals surface area (Å²) in [5.74, 6) is 0. The molecule has 1 rings (SSSR count). The molecule has 4 N–H and O–H groups in total. The van der Waals surface area contributed by atoms with Gasteiger partial charge in [0.15, 0.2) is 0 Å². The van der Waals surface area contributed by atoms with Crippen LogP contribution in [0.5, 0.6) is 0 Å². The van der Waals surface area contributed by atoms with Crippen molar-refractivity contribution < 1.29 is 17.9 Å². The number of benzene rings is 1. The third-order valence-corrected chi connectivity index (χ3v) is 3.01. The molecular weight excluding hydrogens is 270 g/mol. The van der Waals surface area contributed by atoms with Crippen molar-refractivity contribution in [2.75, 3.05) is 10.5 Å². The first-order valence-electron chi connectivity index (χ1n) is 5.57. The van der Waals surface area contributed by atoms with E-state index in [1.165, 1.54) is 0 Å². The number of para-hydroxylation sites is 1. The van der Waals surface area contributed by atoms with Crippen LogP contribution in [-0.2, 0) is 14.9 Å². The molecule has 0 aliphatic rings. The van der Waals surface area contributed by atoms with E-state index >= 15 is 0 Å². The Hall–Kier alpha value is -1.96. The second-order valence-corrected chi connectivity index (χ2v) is 5.62. The SMILES string of the molecule is Cc1cccc(N)c1NS(=O)(=O)NC(=O)OC(C)C. The second kappa shape index (κ2) is 5.79. The van der Waals surface area contributed by atoms with E-state index in [4.69, 9.17) is 5.73 Å². The van der Waals surface area contributed by atoms with Crippen molar-refractivity contribution in [2.24, 2.45) is 0 Å². The first-order chi connectivity index (χ1) is 8.71. The van der Waals surface area contributed by atoms with Crippen molar-refractivity contribution in [1.82, 2.24) is 4.72 Å². The quantitative estimate of drug-likeness (QED) is 0.724. The van der Waals surface area contributed by atoms with Gasteiger partial charge in [-0.15, -0.1) is 0 Å². The molecule has 1 aromatic carbocycles. The van der Waals surface area contributed by atoms with Crippen LogP contribution in [0.15, 0.2) is 18.2 Å². The van der Waals surface area contributed by atoms with E-state index in [2.05, 4.69) is 9.46 Å². The van der Waals surface area contributed by atoms with Gasteiger partial charge in [0.05, 0.1) is 17.5 Å². The van der Waals surface area contributed by atoms with Gasteiger partial charge in [0, 0.05) is 0 Å². The van der Waals surface area contributed by atoms with Gasteiger partial charge in [0.2, 0.25) is 0 Å². The predicted octanol–water partition coefficient (Wildman–Crippen LogP) is 1.37. The molecule has 0 radical (unpaired) electrons. The van der Waals surface area contributed by atoms with Crippen LogP contribution in [0.1, 0.15) is 19.4 Å². The predicted molar refractivity (Wildman–Crippen MR) is 72.9 cm³/mol. The number of ether oxygens (including phenoxy) is 1. The summed E-state index contributed by atoms with van der Waals surface area (Å²) in [4.78, 5) is 11.2. The maximum Gasteiger partial charge on any atom is 0.422 e. The van der Waals surface area contributed by atoms with Crippen LogP contribution < -0.4 is 15.2 Å². The summed E-state index contributed by atoms with van der Waals surface area (Å²) < 4.78 is 32.0. The summed E-state index contributed by atoms with van der Waals surface area (Å²) in [6.45, 7) is 4.92. The van der Waals surface area contributed by atoms with Gasteiger partial charge < -0.3 is 10.5 Å². The zero-order valence-electron chi connectivity index (χ0n) is 10.9. The zero-order valence-corrected chi connectivity index (χ0v) is 11.7. The zero-order chi connectivity index (χ0) is 14.6. The molecule has 0 bridgehead atoms. The number of hydrogen-bond donors (Lipinski definition) is 3. The Bertz CT molecular complexity index is 549. The van der Waals surface area contributed by atoms with Gasteiger partial charge in [-0.25, -0.2) is 9.52 Å². The van der Waals surface area contributed by atoms with E-state index in [0.717, 1.165) is 0 Å². The number of aryl methyl sites for hydroxylation is 1. The summed E-state index contributed by atoms with van der Waals surface area (Å²) in [5, 5.41) is 0. The summed E-state index contributed by atoms with van der Waals surface area (Å²) >= 11 is 0. The maximum atomic E-state index is 11.7. The third-order valence-electron chi connectivity index (χ3n) is 2.10. The molecule has 19 heavy (non-hydrogen) atoms. The number of nitrogens with two attached hydrogens (primary N) is 1. The molecule has 1 aromatic rings. The van der Waals surface area contributed by atoms with Crippen molar-refractivity contribution in [2.45, 2.75) is 26.9 Å². The summed E-state index contributed by atoms with van der Waals surface area (Å²) in [5.41, 5.74) is 6.81. The first-order valence-corrected chi connectivity index (χ1v) is 7.06. The minimum Gasteiger partial charge on any atom is -0.446 e. The van der Waals surface area contributed by atoms with Crippen LogP contribution >= 0.6 is 0 Å². The molecule has 0 saturated carbocycles. The lowest BCUT2D eigenvalue weighted by atomic mass is 10.2. The van der Waals surface area contributed by atoms with Crippen molar-refractivity contribution >= 4 is 27.7 Å². The van der Waals surface area contributed by atoms with Crippen LogP contribution in [0, 0.1) is 6.92 Å². The lowest BCUT2D eigenvalue weighted by molar-refractivity contribution is 0.121. The lowest BCUT2D eigenvalue weighted by Crippen LogP contribution is -2.37. The summed E-state index contributed by atoms with van der Waals surface area (Å²) in [6.07, 6.45) is -1.46. The van der Waals surface area contributed by atoms with E-state index in [-0.39, 0.29) is 11.4 Å². The highest BCUT2D eigenvalue weighted by molar-refractivity contribution is 7.91. The summed E-state index contributed by atoms with van der Waals surface area (Å²) in [6, 6.07) is 4.95. The topological polar surface area (TPSA) is 111 Å². The van der Waals surface area contributed by atoms with E-state index in [1.54, 1.807) is 43.7 Å². The number of amides is 1. The molecule has 0 aromatic heterocycles. The largest absolute Gasteiger partial charge is 0.446 e. The Labute approximate surface area is 112 Å². The van der Waals surface area contributed by atoms with Crippen molar-refractivity contribution in [3.05, 3.63) is 23.8 Å². The van der Waals surface area contributed by atoms with Crippen molar-refractivity contribution in [3.8, 4) is 0 Å². The fraction of sp³-hybridized carbons (Fsp3) is 0.364. The number of carbonyl (C=O) groups excluding carboxylic acids is 1. The Morgan fingerprint density at radius 1 is 1.37 bits per heavy atom.